The van der Waals surface area contributed by atoms with E-state index < -0.39 is 0 Å². The molecule has 1 aromatic rings. The summed E-state index contributed by atoms with van der Waals surface area (Å²) in [5.41, 5.74) is 0. The summed E-state index contributed by atoms with van der Waals surface area (Å²) in [4.78, 5) is 2.34. The van der Waals surface area contributed by atoms with Crippen LogP contribution in [0.15, 0.2) is 18.3 Å². The van der Waals surface area contributed by atoms with Crippen LogP contribution in [0.2, 0.25) is 0 Å². The third kappa shape index (κ3) is 4.25. The molecule has 0 aliphatic rings. The Kier molecular flexibility index (Phi) is 5.04. The van der Waals surface area contributed by atoms with E-state index in [2.05, 4.69) is 41.3 Å². The fourth-order valence-corrected chi connectivity index (χ4v) is 1.29. The minimum Gasteiger partial charge on any atom is -0.367 e. The zero-order chi connectivity index (χ0) is 11.1. The van der Waals surface area contributed by atoms with Gasteiger partial charge in [0, 0.05) is 25.3 Å². The van der Waals surface area contributed by atoms with Crippen molar-refractivity contribution < 1.29 is 0 Å². The molecule has 0 bridgehead atoms. The molecule has 4 heteroatoms. The topological polar surface area (TPSA) is 41.0 Å². The number of hydrogen-bond donors (Lipinski definition) is 1. The number of hydrogen-bond acceptors (Lipinski definition) is 4. The predicted molar refractivity (Wildman–Crippen MR) is 62.9 cm³/mol. The van der Waals surface area contributed by atoms with E-state index in [1.54, 1.807) is 6.20 Å². The van der Waals surface area contributed by atoms with Crippen LogP contribution in [0, 0.1) is 0 Å². The molecule has 0 radical (unpaired) electrons. The van der Waals surface area contributed by atoms with Crippen molar-refractivity contribution in [3.05, 3.63) is 18.3 Å². The highest BCUT2D eigenvalue weighted by molar-refractivity contribution is 5.31. The molecule has 0 aliphatic heterocycles. The van der Waals surface area contributed by atoms with Gasteiger partial charge in [-0.1, -0.05) is 6.92 Å². The van der Waals surface area contributed by atoms with Crippen LogP contribution in [0.5, 0.6) is 0 Å². The van der Waals surface area contributed by atoms with Gasteiger partial charge in [-0.25, -0.2) is 0 Å². The molecule has 0 saturated heterocycles. The van der Waals surface area contributed by atoms with Crippen LogP contribution < -0.4 is 5.32 Å². The average Bonchev–Trinajstić information content (AvgIpc) is 2.29. The van der Waals surface area contributed by atoms with E-state index in [1.165, 1.54) is 6.42 Å². The molecule has 15 heavy (non-hydrogen) atoms. The zero-order valence-corrected chi connectivity index (χ0v) is 9.77. The maximum Gasteiger partial charge on any atom is 0.148 e. The highest BCUT2D eigenvalue weighted by atomic mass is 15.2. The first-order valence-corrected chi connectivity index (χ1v) is 5.46. The van der Waals surface area contributed by atoms with Gasteiger partial charge in [0.15, 0.2) is 0 Å². The van der Waals surface area contributed by atoms with E-state index in [0.29, 0.717) is 6.04 Å². The summed E-state index contributed by atoms with van der Waals surface area (Å²) < 4.78 is 0. The van der Waals surface area contributed by atoms with Gasteiger partial charge in [0.2, 0.25) is 0 Å². The van der Waals surface area contributed by atoms with E-state index >= 15 is 0 Å². The zero-order valence-electron chi connectivity index (χ0n) is 9.77. The molecule has 0 amide bonds. The van der Waals surface area contributed by atoms with Crippen molar-refractivity contribution in [2.24, 2.45) is 0 Å². The molecule has 1 heterocycles. The van der Waals surface area contributed by atoms with Gasteiger partial charge >= 0.3 is 0 Å². The first-order chi connectivity index (χ1) is 7.24. The van der Waals surface area contributed by atoms with E-state index in [0.717, 1.165) is 18.9 Å². The number of nitrogens with one attached hydrogen (secondary N) is 1. The maximum absolute atomic E-state index is 3.96. The molecule has 0 aliphatic carbocycles. The van der Waals surface area contributed by atoms with Crippen LogP contribution in [0.25, 0.3) is 0 Å². The minimum absolute atomic E-state index is 0.633. The van der Waals surface area contributed by atoms with Crippen LogP contribution in [0.1, 0.15) is 20.3 Å². The van der Waals surface area contributed by atoms with E-state index in [1.807, 2.05) is 12.1 Å². The van der Waals surface area contributed by atoms with Crippen LogP contribution in [0.3, 0.4) is 0 Å². The SMILES string of the molecule is CCC(C)N(C)CCNc1cccnn1. The van der Waals surface area contributed by atoms with Crippen molar-refractivity contribution in [3.63, 3.8) is 0 Å². The molecule has 0 aromatic carbocycles. The van der Waals surface area contributed by atoms with E-state index in [-0.39, 0.29) is 0 Å². The molecule has 1 N–H and O–H groups in total. The fourth-order valence-electron chi connectivity index (χ4n) is 1.29. The number of rotatable bonds is 6. The minimum atomic E-state index is 0.633. The van der Waals surface area contributed by atoms with Crippen LogP contribution in [0.4, 0.5) is 5.82 Å². The van der Waals surface area contributed by atoms with Crippen LogP contribution in [-0.4, -0.2) is 41.3 Å². The highest BCUT2D eigenvalue weighted by Gasteiger charge is 2.05. The molecule has 84 valence electrons. The third-order valence-electron chi connectivity index (χ3n) is 2.69. The molecule has 0 saturated carbocycles. The number of nitrogens with zero attached hydrogens (tertiary/aromatic N) is 3. The second kappa shape index (κ2) is 6.35. The Labute approximate surface area is 91.7 Å². The lowest BCUT2D eigenvalue weighted by atomic mass is 10.2. The van der Waals surface area contributed by atoms with E-state index in [4.69, 9.17) is 0 Å². The number of aromatic nitrogens is 2. The number of likely N-dealkylation sites (N-methyl/N-ethyl adjacent to an activating group) is 1. The Morgan fingerprint density at radius 1 is 1.53 bits per heavy atom. The molecule has 1 aromatic heterocycles. The van der Waals surface area contributed by atoms with Gasteiger partial charge in [0.25, 0.3) is 0 Å². The van der Waals surface area contributed by atoms with Crippen molar-refractivity contribution in [3.8, 4) is 0 Å². The average molecular weight is 208 g/mol. The first kappa shape index (κ1) is 11.9. The summed E-state index contributed by atoms with van der Waals surface area (Å²) in [6.45, 7) is 6.37. The Balaban J connectivity index is 2.22. The van der Waals surface area contributed by atoms with Gasteiger partial charge in [0.1, 0.15) is 5.82 Å². The lowest BCUT2D eigenvalue weighted by Gasteiger charge is -2.23. The fraction of sp³-hybridized carbons (Fsp3) is 0.636. The van der Waals surface area contributed by atoms with Gasteiger partial charge in [0.05, 0.1) is 0 Å². The lowest BCUT2D eigenvalue weighted by Crippen LogP contribution is -2.32. The molecule has 1 atom stereocenters. The molecule has 1 rings (SSSR count). The summed E-state index contributed by atoms with van der Waals surface area (Å²) in [7, 11) is 2.15. The van der Waals surface area contributed by atoms with Crippen molar-refractivity contribution in [1.29, 1.82) is 0 Å². The first-order valence-electron chi connectivity index (χ1n) is 5.46. The summed E-state index contributed by atoms with van der Waals surface area (Å²) in [5, 5.41) is 11.0. The Morgan fingerprint density at radius 2 is 2.33 bits per heavy atom. The normalized spacial score (nSPS) is 12.8. The monoisotopic (exact) mass is 208 g/mol. The molecule has 1 unspecified atom stereocenters. The lowest BCUT2D eigenvalue weighted by molar-refractivity contribution is 0.261. The Bertz CT molecular complexity index is 263. The molecule has 4 nitrogen and oxygen atoms in total. The van der Waals surface area contributed by atoms with Crippen LogP contribution in [-0.2, 0) is 0 Å². The quantitative estimate of drug-likeness (QED) is 0.771. The second-order valence-corrected chi connectivity index (χ2v) is 3.77. The summed E-state index contributed by atoms with van der Waals surface area (Å²) >= 11 is 0. The molecular weight excluding hydrogens is 188 g/mol. The van der Waals surface area contributed by atoms with Gasteiger partial charge in [-0.2, -0.15) is 5.10 Å². The smallest absolute Gasteiger partial charge is 0.148 e. The van der Waals surface area contributed by atoms with Crippen molar-refractivity contribution in [2.75, 3.05) is 25.5 Å². The largest absolute Gasteiger partial charge is 0.367 e. The summed E-state index contributed by atoms with van der Waals surface area (Å²) in [6.07, 6.45) is 2.86. The summed E-state index contributed by atoms with van der Waals surface area (Å²) in [6, 6.07) is 4.44. The van der Waals surface area contributed by atoms with Crippen LogP contribution >= 0.6 is 0 Å². The maximum atomic E-state index is 3.96. The van der Waals surface area contributed by atoms with Gasteiger partial charge in [-0.15, -0.1) is 5.10 Å². The standard InChI is InChI=1S/C11H20N4/c1-4-10(2)15(3)9-8-12-11-6-5-7-13-14-11/h5-7,10H,4,8-9H2,1-3H3,(H,12,14). The van der Waals surface area contributed by atoms with Gasteiger partial charge < -0.3 is 10.2 Å². The van der Waals surface area contributed by atoms with Gasteiger partial charge in [-0.3, -0.25) is 0 Å². The van der Waals surface area contributed by atoms with Crippen molar-refractivity contribution >= 4 is 5.82 Å². The molecule has 0 spiro atoms. The summed E-state index contributed by atoms with van der Waals surface area (Å²) in [5.74, 6) is 0.843. The molecular formula is C11H20N4. The van der Waals surface area contributed by atoms with Crippen molar-refractivity contribution in [1.82, 2.24) is 15.1 Å². The predicted octanol–water partition coefficient (Wildman–Crippen LogP) is 1.62. The third-order valence-corrected chi connectivity index (χ3v) is 2.69. The van der Waals surface area contributed by atoms with Crippen molar-refractivity contribution in [2.45, 2.75) is 26.3 Å². The Hall–Kier alpha value is -1.16. The number of anilines is 1. The Morgan fingerprint density at radius 3 is 2.93 bits per heavy atom. The highest BCUT2D eigenvalue weighted by Crippen LogP contribution is 2.00. The van der Waals surface area contributed by atoms with Gasteiger partial charge in [-0.05, 0) is 32.5 Å². The second-order valence-electron chi connectivity index (χ2n) is 3.77. The molecule has 0 fully saturated rings. The van der Waals surface area contributed by atoms with E-state index in [9.17, 15) is 0 Å².